The molecule has 0 saturated heterocycles. The maximum Gasteiger partial charge on any atom is 0.341 e. The Hall–Kier alpha value is 0.180. The van der Waals surface area contributed by atoms with E-state index in [0.717, 1.165) is 49.0 Å². The highest BCUT2D eigenvalue weighted by Crippen LogP contribution is 2.61. The van der Waals surface area contributed by atoms with E-state index in [9.17, 15) is 28.7 Å². The van der Waals surface area contributed by atoms with Crippen LogP contribution in [0.4, 0.5) is 0 Å². The summed E-state index contributed by atoms with van der Waals surface area (Å²) < 4.78 is 26.3. The van der Waals surface area contributed by atoms with Gasteiger partial charge in [0.25, 0.3) is 0 Å². The molecule has 0 amide bonds. The number of pyridine rings is 1. The van der Waals surface area contributed by atoms with E-state index in [4.69, 9.17) is 0 Å². The van der Waals surface area contributed by atoms with Crippen LogP contribution in [0.3, 0.4) is 0 Å². The van der Waals surface area contributed by atoms with Crippen LogP contribution in [0.15, 0.2) is 0 Å². The van der Waals surface area contributed by atoms with Gasteiger partial charge in [-0.25, -0.2) is 0 Å². The predicted octanol–water partition coefficient (Wildman–Crippen LogP) is 1.42. The Morgan fingerprint density at radius 3 is 1.56 bits per heavy atom. The molecule has 188 valence electrons. The second kappa shape index (κ2) is 14.6. The van der Waals surface area contributed by atoms with Gasteiger partial charge in [-0.3, -0.25) is 9.13 Å². The fourth-order valence-electron chi connectivity index (χ4n) is 4.67. The van der Waals surface area contributed by atoms with Crippen LogP contribution in [-0.4, -0.2) is 25.0 Å². The Morgan fingerprint density at radius 2 is 1.16 bits per heavy atom. The van der Waals surface area contributed by atoms with Gasteiger partial charge in [0.2, 0.25) is 0 Å². The summed E-state index contributed by atoms with van der Waals surface area (Å²) in [6.07, 6.45) is 8.30. The van der Waals surface area contributed by atoms with Crippen LogP contribution < -0.4 is 28.5 Å². The van der Waals surface area contributed by atoms with Crippen LogP contribution in [-0.2, 0) is 47.8 Å². The molecule has 0 saturated carbocycles. The first-order chi connectivity index (χ1) is 14.5. The molecule has 0 aliphatic carbocycles. The first-order valence-electron chi connectivity index (χ1n) is 11.7. The SMILES string of the molecule is CCCCCCC[n+]1c(CC)c(CC)c(CC)c(CC(P(=O)(O)O)P(=O)(O)O)c1CC.[I-]. The quantitative estimate of drug-likeness (QED) is 0.110. The van der Waals surface area contributed by atoms with E-state index in [-0.39, 0.29) is 30.4 Å². The van der Waals surface area contributed by atoms with Crippen molar-refractivity contribution in [1.29, 1.82) is 0 Å². The van der Waals surface area contributed by atoms with Crippen molar-refractivity contribution in [2.24, 2.45) is 0 Å². The molecule has 7 nitrogen and oxygen atoms in total. The van der Waals surface area contributed by atoms with Gasteiger partial charge in [-0.05, 0) is 24.8 Å². The zero-order valence-electron chi connectivity index (χ0n) is 20.2. The van der Waals surface area contributed by atoms with E-state index in [1.54, 1.807) is 0 Å². The second-order valence-electron chi connectivity index (χ2n) is 8.17. The molecule has 0 radical (unpaired) electrons. The topological polar surface area (TPSA) is 119 Å². The summed E-state index contributed by atoms with van der Waals surface area (Å²) in [7, 11) is -9.97. The number of hydrogen-bond acceptors (Lipinski definition) is 2. The summed E-state index contributed by atoms with van der Waals surface area (Å²) in [5, 5.41) is -2.01. The van der Waals surface area contributed by atoms with Gasteiger partial charge in [-0.2, -0.15) is 4.57 Å². The molecule has 1 rings (SSSR count). The number of halogens is 1. The van der Waals surface area contributed by atoms with Gasteiger partial charge in [-0.1, -0.05) is 53.9 Å². The highest BCUT2D eigenvalue weighted by atomic mass is 127. The summed E-state index contributed by atoms with van der Waals surface area (Å²) >= 11 is 0. The third kappa shape index (κ3) is 8.44. The van der Waals surface area contributed by atoms with Crippen molar-refractivity contribution < 1.29 is 57.2 Å². The molecule has 1 heterocycles. The van der Waals surface area contributed by atoms with Gasteiger partial charge in [0.1, 0.15) is 6.54 Å². The Bertz CT molecular complexity index is 799. The first-order valence-corrected chi connectivity index (χ1v) is 15.0. The van der Waals surface area contributed by atoms with Crippen molar-refractivity contribution in [3.63, 3.8) is 0 Å². The summed E-state index contributed by atoms with van der Waals surface area (Å²) in [6.45, 7) is 11.2. The van der Waals surface area contributed by atoms with E-state index in [1.807, 2.05) is 13.8 Å². The monoisotopic (exact) mass is 605 g/mol. The standard InChI is InChI=1S/C22H41NO6P2.HI/c1-6-11-12-13-14-15-23-20(9-4)18(8-3)17(7-2)19(21(23)10-5)16-22(30(24,25)26)31(27,28)29;/h22H,6-16H2,1-5H3,(H3-,24,25,26,27,28,29);1H. The Balaban J connectivity index is 0.00000961. The molecule has 32 heavy (non-hydrogen) atoms. The largest absolute Gasteiger partial charge is 1.00 e. The Morgan fingerprint density at radius 1 is 0.688 bits per heavy atom. The molecule has 0 unspecified atom stereocenters. The minimum Gasteiger partial charge on any atom is -1.00 e. The van der Waals surface area contributed by atoms with Crippen LogP contribution in [0.25, 0.3) is 0 Å². The van der Waals surface area contributed by atoms with E-state index >= 15 is 0 Å². The molecule has 0 bridgehead atoms. The van der Waals surface area contributed by atoms with Crippen molar-refractivity contribution in [2.45, 2.75) is 111 Å². The maximum atomic E-state index is 12.0. The molecular formula is C22H42INO6P2. The van der Waals surface area contributed by atoms with Crippen molar-refractivity contribution >= 4 is 15.2 Å². The molecule has 4 N–H and O–H groups in total. The van der Waals surface area contributed by atoms with Crippen molar-refractivity contribution in [1.82, 2.24) is 0 Å². The van der Waals surface area contributed by atoms with Gasteiger partial charge < -0.3 is 43.6 Å². The van der Waals surface area contributed by atoms with Crippen LogP contribution >= 0.6 is 15.2 Å². The number of rotatable bonds is 14. The van der Waals surface area contributed by atoms with E-state index in [1.165, 1.54) is 25.0 Å². The third-order valence-electron chi connectivity index (χ3n) is 6.10. The van der Waals surface area contributed by atoms with Crippen LogP contribution in [0.2, 0.25) is 0 Å². The van der Waals surface area contributed by atoms with Crippen molar-refractivity contribution in [3.8, 4) is 0 Å². The van der Waals surface area contributed by atoms with Gasteiger partial charge in [-0.15, -0.1) is 0 Å². The Kier molecular flexibility index (Phi) is 14.6. The predicted molar refractivity (Wildman–Crippen MR) is 124 cm³/mol. The highest BCUT2D eigenvalue weighted by molar-refractivity contribution is 7.70. The minimum atomic E-state index is -4.99. The minimum absolute atomic E-state index is 0. The summed E-state index contributed by atoms with van der Waals surface area (Å²) in [5.41, 5.74) is 5.04. The molecule has 1 aromatic heterocycles. The lowest BCUT2D eigenvalue weighted by atomic mass is 9.90. The molecular weight excluding hydrogens is 563 g/mol. The first kappa shape index (κ1) is 32.2. The fourth-order valence-corrected chi connectivity index (χ4v) is 7.08. The van der Waals surface area contributed by atoms with Gasteiger partial charge in [0, 0.05) is 36.8 Å². The van der Waals surface area contributed by atoms with Crippen molar-refractivity contribution in [3.05, 3.63) is 28.1 Å². The van der Waals surface area contributed by atoms with Crippen molar-refractivity contribution in [2.75, 3.05) is 0 Å². The summed E-state index contributed by atoms with van der Waals surface area (Å²) in [5.74, 6) is 0. The van der Waals surface area contributed by atoms with Crippen LogP contribution in [0, 0.1) is 0 Å². The summed E-state index contributed by atoms with van der Waals surface area (Å²) in [6, 6.07) is 0. The molecule has 0 aliphatic heterocycles. The molecule has 10 heteroatoms. The molecule has 0 aromatic carbocycles. The van der Waals surface area contributed by atoms with E-state index in [2.05, 4.69) is 25.3 Å². The van der Waals surface area contributed by atoms with Crippen LogP contribution in [0.1, 0.15) is 94.8 Å². The zero-order valence-corrected chi connectivity index (χ0v) is 24.1. The Labute approximate surface area is 210 Å². The number of aromatic nitrogens is 1. The third-order valence-corrected chi connectivity index (χ3v) is 9.83. The molecule has 0 aliphatic rings. The summed E-state index contributed by atoms with van der Waals surface area (Å²) in [4.78, 5) is 38.9. The van der Waals surface area contributed by atoms with Gasteiger partial charge in [0.15, 0.2) is 16.8 Å². The lowest BCUT2D eigenvalue weighted by Crippen LogP contribution is -3.00. The second-order valence-corrected chi connectivity index (χ2v) is 12.2. The van der Waals surface area contributed by atoms with Gasteiger partial charge in [0.05, 0.1) is 0 Å². The average molecular weight is 605 g/mol. The van der Waals surface area contributed by atoms with Gasteiger partial charge >= 0.3 is 15.2 Å². The molecule has 1 aromatic rings. The molecule has 0 spiro atoms. The van der Waals surface area contributed by atoms with Crippen LogP contribution in [0.5, 0.6) is 0 Å². The normalized spacial score (nSPS) is 12.3. The lowest BCUT2D eigenvalue weighted by Gasteiger charge is -2.24. The zero-order chi connectivity index (χ0) is 23.8. The number of unbranched alkanes of at least 4 members (excludes halogenated alkanes) is 4. The average Bonchev–Trinajstić information content (AvgIpc) is 2.68. The highest BCUT2D eigenvalue weighted by Gasteiger charge is 2.45. The number of nitrogens with zero attached hydrogens (tertiary/aromatic N) is 1. The molecule has 0 fully saturated rings. The van der Waals surface area contributed by atoms with E-state index < -0.39 is 20.6 Å². The van der Waals surface area contributed by atoms with E-state index in [0.29, 0.717) is 18.4 Å². The fraction of sp³-hybridized carbons (Fsp3) is 0.773. The smallest absolute Gasteiger partial charge is 0.341 e. The maximum absolute atomic E-state index is 12.0. The lowest BCUT2D eigenvalue weighted by molar-refractivity contribution is -0.712. The number of hydrogen-bond donors (Lipinski definition) is 4. The molecule has 0 atom stereocenters.